The molecule has 0 bridgehead atoms. The van der Waals surface area contributed by atoms with Crippen molar-refractivity contribution < 1.29 is 0 Å². The van der Waals surface area contributed by atoms with Gasteiger partial charge in [-0.25, -0.2) is 9.67 Å². The van der Waals surface area contributed by atoms with Gasteiger partial charge < -0.3 is 5.32 Å². The summed E-state index contributed by atoms with van der Waals surface area (Å²) >= 11 is 0. The number of pyridine rings is 1. The minimum Gasteiger partial charge on any atom is -0.380 e. The van der Waals surface area contributed by atoms with Crippen LogP contribution in [0.2, 0.25) is 0 Å². The number of anilines is 1. The Balaban J connectivity index is 1.80. The number of aryl methyl sites for hydroxylation is 2. The molecule has 0 aromatic carbocycles. The quantitative estimate of drug-likeness (QED) is 0.800. The van der Waals surface area contributed by atoms with Gasteiger partial charge in [0.25, 0.3) is 0 Å². The fourth-order valence-corrected chi connectivity index (χ4v) is 2.43. The topological polar surface area (TPSA) is 60.6 Å². The SMILES string of the molecule is Cc1nn(C)cc1CNc1cnc2c(cnn2C(C)C)c1. The van der Waals surface area contributed by atoms with E-state index in [9.17, 15) is 0 Å². The fourth-order valence-electron chi connectivity index (χ4n) is 2.43. The van der Waals surface area contributed by atoms with Crippen molar-refractivity contribution in [3.8, 4) is 0 Å². The van der Waals surface area contributed by atoms with Crippen LogP contribution in [0.4, 0.5) is 5.69 Å². The van der Waals surface area contributed by atoms with Crippen LogP contribution in [0.5, 0.6) is 0 Å². The van der Waals surface area contributed by atoms with E-state index in [0.29, 0.717) is 6.04 Å². The molecule has 110 valence electrons. The first kappa shape index (κ1) is 13.6. The summed E-state index contributed by atoms with van der Waals surface area (Å²) in [7, 11) is 1.93. The summed E-state index contributed by atoms with van der Waals surface area (Å²) in [5.74, 6) is 0. The second kappa shape index (κ2) is 5.20. The van der Waals surface area contributed by atoms with Gasteiger partial charge in [0, 0.05) is 36.8 Å². The van der Waals surface area contributed by atoms with Crippen molar-refractivity contribution in [3.05, 3.63) is 35.9 Å². The Hall–Kier alpha value is -2.37. The van der Waals surface area contributed by atoms with Gasteiger partial charge in [0.05, 0.1) is 23.8 Å². The van der Waals surface area contributed by atoms with Gasteiger partial charge in [-0.1, -0.05) is 0 Å². The van der Waals surface area contributed by atoms with Crippen LogP contribution in [0.15, 0.2) is 24.7 Å². The van der Waals surface area contributed by atoms with Crippen molar-refractivity contribution in [1.29, 1.82) is 0 Å². The van der Waals surface area contributed by atoms with E-state index in [1.54, 1.807) is 0 Å². The highest BCUT2D eigenvalue weighted by Crippen LogP contribution is 2.19. The Labute approximate surface area is 123 Å². The van der Waals surface area contributed by atoms with Crippen molar-refractivity contribution >= 4 is 16.7 Å². The molecule has 0 radical (unpaired) electrons. The molecule has 3 heterocycles. The van der Waals surface area contributed by atoms with Gasteiger partial charge in [0.2, 0.25) is 0 Å². The van der Waals surface area contributed by atoms with Crippen LogP contribution in [0.3, 0.4) is 0 Å². The van der Waals surface area contributed by atoms with Crippen LogP contribution >= 0.6 is 0 Å². The van der Waals surface area contributed by atoms with Crippen molar-refractivity contribution in [3.63, 3.8) is 0 Å². The number of hydrogen-bond acceptors (Lipinski definition) is 4. The molecule has 0 aliphatic carbocycles. The largest absolute Gasteiger partial charge is 0.380 e. The molecule has 0 spiro atoms. The van der Waals surface area contributed by atoms with E-state index < -0.39 is 0 Å². The summed E-state index contributed by atoms with van der Waals surface area (Å²) in [6, 6.07) is 2.40. The van der Waals surface area contributed by atoms with Crippen LogP contribution in [-0.4, -0.2) is 24.5 Å². The van der Waals surface area contributed by atoms with Crippen molar-refractivity contribution in [1.82, 2.24) is 24.5 Å². The summed E-state index contributed by atoms with van der Waals surface area (Å²) in [5, 5.41) is 13.2. The average molecular weight is 284 g/mol. The molecule has 3 rings (SSSR count). The van der Waals surface area contributed by atoms with Crippen molar-refractivity contribution in [2.75, 3.05) is 5.32 Å². The predicted molar refractivity (Wildman–Crippen MR) is 83.2 cm³/mol. The van der Waals surface area contributed by atoms with E-state index in [1.165, 1.54) is 5.56 Å². The van der Waals surface area contributed by atoms with E-state index in [4.69, 9.17) is 0 Å². The van der Waals surface area contributed by atoms with Crippen molar-refractivity contribution in [2.45, 2.75) is 33.4 Å². The highest BCUT2D eigenvalue weighted by Gasteiger charge is 2.08. The Kier molecular flexibility index (Phi) is 3.37. The highest BCUT2D eigenvalue weighted by molar-refractivity contribution is 5.78. The Morgan fingerprint density at radius 3 is 2.76 bits per heavy atom. The number of fused-ring (bicyclic) bond motifs is 1. The summed E-state index contributed by atoms with van der Waals surface area (Å²) in [6.45, 7) is 6.97. The third kappa shape index (κ3) is 2.61. The van der Waals surface area contributed by atoms with Crippen LogP contribution in [0.25, 0.3) is 11.0 Å². The maximum Gasteiger partial charge on any atom is 0.158 e. The maximum absolute atomic E-state index is 4.52. The molecule has 0 fully saturated rings. The normalized spacial score (nSPS) is 11.5. The summed E-state index contributed by atoms with van der Waals surface area (Å²) in [4.78, 5) is 4.52. The lowest BCUT2D eigenvalue weighted by molar-refractivity contribution is 0.546. The minimum absolute atomic E-state index is 0.312. The van der Waals surface area contributed by atoms with Gasteiger partial charge in [0.15, 0.2) is 5.65 Å². The summed E-state index contributed by atoms with van der Waals surface area (Å²) in [6.07, 6.45) is 5.75. The molecule has 0 aliphatic rings. The van der Waals surface area contributed by atoms with Gasteiger partial charge in [-0.3, -0.25) is 4.68 Å². The van der Waals surface area contributed by atoms with Crippen LogP contribution < -0.4 is 5.32 Å². The minimum atomic E-state index is 0.312. The Morgan fingerprint density at radius 1 is 1.29 bits per heavy atom. The second-order valence-corrected chi connectivity index (χ2v) is 5.59. The zero-order valence-corrected chi connectivity index (χ0v) is 12.8. The molecular weight excluding hydrogens is 264 g/mol. The van der Waals surface area contributed by atoms with E-state index in [-0.39, 0.29) is 0 Å². The molecule has 3 aromatic rings. The molecule has 0 atom stereocenters. The molecular formula is C15H20N6. The third-order valence-electron chi connectivity index (χ3n) is 3.52. The molecule has 0 unspecified atom stereocenters. The lowest BCUT2D eigenvalue weighted by Crippen LogP contribution is -2.04. The molecule has 0 saturated carbocycles. The monoisotopic (exact) mass is 284 g/mol. The van der Waals surface area contributed by atoms with Gasteiger partial charge in [-0.15, -0.1) is 0 Å². The molecule has 6 heteroatoms. The van der Waals surface area contributed by atoms with E-state index in [2.05, 4.69) is 40.4 Å². The lowest BCUT2D eigenvalue weighted by Gasteiger charge is -2.08. The van der Waals surface area contributed by atoms with Crippen LogP contribution in [-0.2, 0) is 13.6 Å². The molecule has 0 amide bonds. The first-order chi connectivity index (χ1) is 10.0. The Bertz CT molecular complexity index is 768. The number of nitrogens with one attached hydrogen (secondary N) is 1. The maximum atomic E-state index is 4.52. The molecule has 1 N–H and O–H groups in total. The Morgan fingerprint density at radius 2 is 2.10 bits per heavy atom. The van der Waals surface area contributed by atoms with Gasteiger partial charge in [0.1, 0.15) is 0 Å². The molecule has 6 nitrogen and oxygen atoms in total. The van der Waals surface area contributed by atoms with Gasteiger partial charge >= 0.3 is 0 Å². The average Bonchev–Trinajstić information content (AvgIpc) is 2.99. The predicted octanol–water partition coefficient (Wildman–Crippen LogP) is 2.67. The van der Waals surface area contributed by atoms with E-state index >= 15 is 0 Å². The van der Waals surface area contributed by atoms with E-state index in [1.807, 2.05) is 41.9 Å². The number of nitrogens with zero attached hydrogens (tertiary/aromatic N) is 5. The van der Waals surface area contributed by atoms with Crippen LogP contribution in [0.1, 0.15) is 31.1 Å². The molecule has 3 aromatic heterocycles. The number of hydrogen-bond donors (Lipinski definition) is 1. The van der Waals surface area contributed by atoms with Crippen molar-refractivity contribution in [2.24, 2.45) is 7.05 Å². The zero-order valence-electron chi connectivity index (χ0n) is 12.8. The zero-order chi connectivity index (χ0) is 15.0. The first-order valence-electron chi connectivity index (χ1n) is 7.11. The van der Waals surface area contributed by atoms with Crippen LogP contribution in [0, 0.1) is 6.92 Å². The number of rotatable bonds is 4. The molecule has 21 heavy (non-hydrogen) atoms. The molecule has 0 aliphatic heterocycles. The van der Waals surface area contributed by atoms with E-state index in [0.717, 1.165) is 29.0 Å². The smallest absolute Gasteiger partial charge is 0.158 e. The third-order valence-corrected chi connectivity index (χ3v) is 3.52. The van der Waals surface area contributed by atoms with Gasteiger partial charge in [-0.2, -0.15) is 10.2 Å². The first-order valence-corrected chi connectivity index (χ1v) is 7.11. The lowest BCUT2D eigenvalue weighted by atomic mass is 10.2. The fraction of sp³-hybridized carbons (Fsp3) is 0.400. The van der Waals surface area contributed by atoms with Gasteiger partial charge in [-0.05, 0) is 26.8 Å². The number of aromatic nitrogens is 5. The standard InChI is InChI=1S/C15H20N6/c1-10(2)21-15-12(7-18-21)5-14(8-17-15)16-6-13-9-20(4)19-11(13)3/h5,7-10,16H,6H2,1-4H3. The summed E-state index contributed by atoms with van der Waals surface area (Å²) < 4.78 is 3.77. The summed E-state index contributed by atoms with van der Waals surface area (Å²) in [5.41, 5.74) is 4.16. The highest BCUT2D eigenvalue weighted by atomic mass is 15.3. The molecule has 0 saturated heterocycles. The second-order valence-electron chi connectivity index (χ2n) is 5.59.